The summed E-state index contributed by atoms with van der Waals surface area (Å²) in [5, 5.41) is 3.16. The van der Waals surface area contributed by atoms with Gasteiger partial charge in [-0.25, -0.2) is 4.79 Å². The first-order chi connectivity index (χ1) is 12.6. The lowest BCUT2D eigenvalue weighted by Crippen LogP contribution is -2.06. The Morgan fingerprint density at radius 2 is 1.73 bits per heavy atom. The summed E-state index contributed by atoms with van der Waals surface area (Å²) in [6, 6.07) is 18.2. The Hall–Kier alpha value is -3.34. The van der Waals surface area contributed by atoms with E-state index in [9.17, 15) is 9.59 Å². The quantitative estimate of drug-likeness (QED) is 0.509. The first kappa shape index (κ1) is 17.5. The molecular formula is C21H20N2O3. The molecule has 1 aromatic heterocycles. The van der Waals surface area contributed by atoms with Crippen LogP contribution in [0.5, 0.6) is 0 Å². The van der Waals surface area contributed by atoms with Crippen molar-refractivity contribution >= 4 is 23.3 Å². The van der Waals surface area contributed by atoms with Crippen molar-refractivity contribution in [2.45, 2.75) is 13.8 Å². The molecule has 0 fully saturated rings. The number of anilines is 2. The van der Waals surface area contributed by atoms with Crippen molar-refractivity contribution in [2.24, 2.45) is 0 Å². The van der Waals surface area contributed by atoms with Crippen molar-refractivity contribution in [2.75, 3.05) is 11.9 Å². The maximum Gasteiger partial charge on any atom is 0.341 e. The Morgan fingerprint density at radius 3 is 2.38 bits per heavy atom. The minimum Gasteiger partial charge on any atom is -0.462 e. The van der Waals surface area contributed by atoms with E-state index >= 15 is 0 Å². The molecular weight excluding hydrogens is 328 g/mol. The Labute approximate surface area is 152 Å². The molecule has 2 aromatic carbocycles. The first-order valence-corrected chi connectivity index (χ1v) is 8.42. The largest absolute Gasteiger partial charge is 0.462 e. The lowest BCUT2D eigenvalue weighted by molar-refractivity contribution is 0.0528. The van der Waals surface area contributed by atoms with Crippen LogP contribution in [0.1, 0.15) is 38.9 Å². The van der Waals surface area contributed by atoms with Crippen LogP contribution in [-0.2, 0) is 4.74 Å². The monoisotopic (exact) mass is 348 g/mol. The summed E-state index contributed by atoms with van der Waals surface area (Å²) in [6.45, 7) is 4.00. The van der Waals surface area contributed by atoms with E-state index < -0.39 is 5.97 Å². The predicted molar refractivity (Wildman–Crippen MR) is 101 cm³/mol. The molecule has 0 bridgehead atoms. The number of benzene rings is 2. The summed E-state index contributed by atoms with van der Waals surface area (Å²) in [6.07, 6.45) is 0. The predicted octanol–water partition coefficient (Wildman–Crippen LogP) is 4.47. The number of aryl methyl sites for hydroxylation is 1. The Balaban J connectivity index is 1.96. The van der Waals surface area contributed by atoms with Gasteiger partial charge in [-0.15, -0.1) is 0 Å². The second kappa shape index (κ2) is 7.70. The molecule has 26 heavy (non-hydrogen) atoms. The molecule has 0 spiro atoms. The number of aromatic amines is 1. The Kier molecular flexibility index (Phi) is 5.17. The summed E-state index contributed by atoms with van der Waals surface area (Å²) < 4.78 is 5.11. The van der Waals surface area contributed by atoms with E-state index in [2.05, 4.69) is 10.3 Å². The van der Waals surface area contributed by atoms with Crippen LogP contribution in [0, 0.1) is 6.92 Å². The molecule has 3 rings (SSSR count). The van der Waals surface area contributed by atoms with Crippen LogP contribution in [0.4, 0.5) is 11.5 Å². The molecule has 3 aromatic rings. The van der Waals surface area contributed by atoms with E-state index in [4.69, 9.17) is 4.74 Å². The second-order valence-corrected chi connectivity index (χ2v) is 5.88. The van der Waals surface area contributed by atoms with E-state index in [1.807, 2.05) is 37.3 Å². The van der Waals surface area contributed by atoms with Crippen molar-refractivity contribution in [1.29, 1.82) is 0 Å². The lowest BCUT2D eigenvalue weighted by Gasteiger charge is -2.07. The number of nitrogens with one attached hydrogen (secondary N) is 2. The number of aromatic nitrogens is 1. The van der Waals surface area contributed by atoms with Gasteiger partial charge in [0.15, 0.2) is 0 Å². The van der Waals surface area contributed by atoms with Gasteiger partial charge in [0.25, 0.3) is 0 Å². The maximum atomic E-state index is 12.7. The van der Waals surface area contributed by atoms with E-state index in [1.54, 1.807) is 31.2 Å². The topological polar surface area (TPSA) is 71.2 Å². The third kappa shape index (κ3) is 3.83. The van der Waals surface area contributed by atoms with Crippen LogP contribution in [0.15, 0.2) is 60.7 Å². The van der Waals surface area contributed by atoms with Crippen molar-refractivity contribution in [3.63, 3.8) is 0 Å². The standard InChI is InChI=1S/C21H20N2O3/c1-3-26-21(25)17-13-18(19(24)15-7-5-4-6-8-15)23-20(17)22-16-11-9-14(2)10-12-16/h4-13,22-23H,3H2,1-2H3. The summed E-state index contributed by atoms with van der Waals surface area (Å²) in [5.74, 6) is -0.231. The Bertz CT molecular complexity index is 912. The molecule has 0 radical (unpaired) electrons. The fourth-order valence-electron chi connectivity index (χ4n) is 2.57. The zero-order valence-electron chi connectivity index (χ0n) is 14.7. The van der Waals surface area contributed by atoms with Gasteiger partial charge in [-0.3, -0.25) is 4.79 Å². The van der Waals surface area contributed by atoms with Crippen LogP contribution < -0.4 is 5.32 Å². The molecule has 0 atom stereocenters. The van der Waals surface area contributed by atoms with Crippen LogP contribution in [0.25, 0.3) is 0 Å². The highest BCUT2D eigenvalue weighted by Crippen LogP contribution is 2.24. The highest BCUT2D eigenvalue weighted by Gasteiger charge is 2.21. The van der Waals surface area contributed by atoms with E-state index in [-0.39, 0.29) is 12.4 Å². The molecule has 0 aliphatic heterocycles. The average molecular weight is 348 g/mol. The number of H-pyrrole nitrogens is 1. The zero-order valence-corrected chi connectivity index (χ0v) is 14.7. The molecule has 1 heterocycles. The molecule has 5 heteroatoms. The molecule has 0 aliphatic rings. The summed E-state index contributed by atoms with van der Waals surface area (Å²) in [4.78, 5) is 28.0. The number of ketones is 1. The molecule has 0 amide bonds. The zero-order chi connectivity index (χ0) is 18.5. The van der Waals surface area contributed by atoms with Crippen LogP contribution >= 0.6 is 0 Å². The van der Waals surface area contributed by atoms with Gasteiger partial charge in [0.1, 0.15) is 11.4 Å². The summed E-state index contributed by atoms with van der Waals surface area (Å²) in [7, 11) is 0. The van der Waals surface area contributed by atoms with Gasteiger partial charge in [0.2, 0.25) is 5.78 Å². The molecule has 0 saturated heterocycles. The third-order valence-electron chi connectivity index (χ3n) is 3.91. The van der Waals surface area contributed by atoms with E-state index in [1.165, 1.54) is 6.07 Å². The van der Waals surface area contributed by atoms with Gasteiger partial charge in [0, 0.05) is 11.3 Å². The molecule has 0 unspecified atom stereocenters. The number of carbonyl (C=O) groups excluding carboxylic acids is 2. The molecule has 2 N–H and O–H groups in total. The van der Waals surface area contributed by atoms with Crippen molar-refractivity contribution < 1.29 is 14.3 Å². The fraction of sp³-hybridized carbons (Fsp3) is 0.143. The molecule has 132 valence electrons. The minimum absolute atomic E-state index is 0.187. The normalized spacial score (nSPS) is 10.4. The number of hydrogen-bond acceptors (Lipinski definition) is 4. The fourth-order valence-corrected chi connectivity index (χ4v) is 2.57. The number of carbonyl (C=O) groups is 2. The SMILES string of the molecule is CCOC(=O)c1cc(C(=O)c2ccccc2)[nH]c1Nc1ccc(C)cc1. The van der Waals surface area contributed by atoms with Crippen molar-refractivity contribution in [1.82, 2.24) is 4.98 Å². The highest BCUT2D eigenvalue weighted by molar-refractivity contribution is 6.10. The highest BCUT2D eigenvalue weighted by atomic mass is 16.5. The maximum absolute atomic E-state index is 12.7. The number of rotatable bonds is 6. The minimum atomic E-state index is -0.481. The Morgan fingerprint density at radius 1 is 1.04 bits per heavy atom. The summed E-state index contributed by atoms with van der Waals surface area (Å²) >= 11 is 0. The third-order valence-corrected chi connectivity index (χ3v) is 3.91. The van der Waals surface area contributed by atoms with Gasteiger partial charge in [-0.1, -0.05) is 48.0 Å². The van der Waals surface area contributed by atoms with Crippen LogP contribution in [-0.4, -0.2) is 23.3 Å². The van der Waals surface area contributed by atoms with Gasteiger partial charge in [0.05, 0.1) is 12.3 Å². The van der Waals surface area contributed by atoms with Crippen LogP contribution in [0.2, 0.25) is 0 Å². The first-order valence-electron chi connectivity index (χ1n) is 8.42. The van der Waals surface area contributed by atoms with Gasteiger partial charge in [-0.2, -0.15) is 0 Å². The van der Waals surface area contributed by atoms with Gasteiger partial charge in [-0.05, 0) is 32.0 Å². The van der Waals surface area contributed by atoms with E-state index in [0.717, 1.165) is 11.3 Å². The molecule has 5 nitrogen and oxygen atoms in total. The number of esters is 1. The lowest BCUT2D eigenvalue weighted by atomic mass is 10.1. The molecule has 0 aliphatic carbocycles. The number of hydrogen-bond donors (Lipinski definition) is 2. The number of ether oxygens (including phenoxy) is 1. The smallest absolute Gasteiger partial charge is 0.341 e. The van der Waals surface area contributed by atoms with E-state index in [0.29, 0.717) is 22.6 Å². The second-order valence-electron chi connectivity index (χ2n) is 5.88. The average Bonchev–Trinajstić information content (AvgIpc) is 3.08. The van der Waals surface area contributed by atoms with Gasteiger partial charge < -0.3 is 15.0 Å². The molecule has 0 saturated carbocycles. The van der Waals surface area contributed by atoms with Crippen molar-refractivity contribution in [3.05, 3.63) is 83.0 Å². The van der Waals surface area contributed by atoms with Crippen LogP contribution in [0.3, 0.4) is 0 Å². The summed E-state index contributed by atoms with van der Waals surface area (Å²) in [5.41, 5.74) is 3.11. The van der Waals surface area contributed by atoms with Gasteiger partial charge >= 0.3 is 5.97 Å². The van der Waals surface area contributed by atoms with Crippen molar-refractivity contribution in [3.8, 4) is 0 Å².